The second-order valence-electron chi connectivity index (χ2n) is 8.77. The van der Waals surface area contributed by atoms with Crippen molar-refractivity contribution in [3.63, 3.8) is 0 Å². The molecule has 8 heteroatoms. The zero-order chi connectivity index (χ0) is 24.8. The van der Waals surface area contributed by atoms with Crippen LogP contribution in [0.3, 0.4) is 0 Å². The lowest BCUT2D eigenvalue weighted by Crippen LogP contribution is -2.43. The number of unbranched alkanes of at least 4 members (excludes halogenated alkanes) is 1. The van der Waals surface area contributed by atoms with E-state index in [0.717, 1.165) is 23.6 Å². The van der Waals surface area contributed by atoms with Gasteiger partial charge in [0, 0.05) is 18.8 Å². The maximum absolute atomic E-state index is 13.3. The summed E-state index contributed by atoms with van der Waals surface area (Å²) in [6.07, 6.45) is 2.97. The summed E-state index contributed by atoms with van der Waals surface area (Å²) >= 11 is 0. The van der Waals surface area contributed by atoms with Crippen molar-refractivity contribution < 1.29 is 22.7 Å². The molecule has 7 nitrogen and oxygen atoms in total. The lowest BCUT2D eigenvalue weighted by atomic mass is 9.98. The quantitative estimate of drug-likeness (QED) is 0.357. The summed E-state index contributed by atoms with van der Waals surface area (Å²) in [6, 6.07) is 19.3. The van der Waals surface area contributed by atoms with Gasteiger partial charge in [0.1, 0.15) is 0 Å². The molecule has 0 spiro atoms. The SMILES string of the molecule is CCCCOC(=O)c1ccc(NC(=O)[C@@H]2CCCN(S(=O)(=O)c3ccc4ccccc4c3)C2)cc1. The topological polar surface area (TPSA) is 92.8 Å². The average molecular weight is 495 g/mol. The second kappa shape index (κ2) is 11.0. The van der Waals surface area contributed by atoms with Crippen LogP contribution in [0.4, 0.5) is 5.69 Å². The molecule has 1 saturated heterocycles. The van der Waals surface area contributed by atoms with Gasteiger partial charge in [-0.25, -0.2) is 13.2 Å². The Labute approximate surface area is 206 Å². The number of hydrogen-bond donors (Lipinski definition) is 1. The summed E-state index contributed by atoms with van der Waals surface area (Å²) in [5, 5.41) is 4.69. The van der Waals surface area contributed by atoms with Crippen LogP contribution in [-0.2, 0) is 19.6 Å². The van der Waals surface area contributed by atoms with E-state index in [1.807, 2.05) is 31.2 Å². The van der Waals surface area contributed by atoms with Gasteiger partial charge in [0.15, 0.2) is 0 Å². The number of esters is 1. The van der Waals surface area contributed by atoms with Crippen LogP contribution < -0.4 is 5.32 Å². The predicted octanol–water partition coefficient (Wildman–Crippen LogP) is 4.84. The molecule has 0 unspecified atom stereocenters. The minimum Gasteiger partial charge on any atom is -0.462 e. The number of amides is 1. The van der Waals surface area contributed by atoms with Crippen molar-refractivity contribution in [1.82, 2.24) is 4.31 Å². The highest BCUT2D eigenvalue weighted by atomic mass is 32.2. The van der Waals surface area contributed by atoms with Crippen LogP contribution in [0.2, 0.25) is 0 Å². The number of sulfonamides is 1. The van der Waals surface area contributed by atoms with Gasteiger partial charge in [0.25, 0.3) is 0 Å². The molecule has 1 atom stereocenters. The van der Waals surface area contributed by atoms with E-state index in [1.54, 1.807) is 42.5 Å². The van der Waals surface area contributed by atoms with E-state index < -0.39 is 21.9 Å². The largest absolute Gasteiger partial charge is 0.462 e. The van der Waals surface area contributed by atoms with E-state index in [4.69, 9.17) is 4.74 Å². The third-order valence-electron chi connectivity index (χ3n) is 6.23. The highest BCUT2D eigenvalue weighted by Gasteiger charge is 2.33. The molecule has 3 aromatic carbocycles. The van der Waals surface area contributed by atoms with E-state index in [9.17, 15) is 18.0 Å². The number of benzene rings is 3. The van der Waals surface area contributed by atoms with E-state index in [2.05, 4.69) is 5.32 Å². The Morgan fingerprint density at radius 1 is 1.03 bits per heavy atom. The number of hydrogen-bond acceptors (Lipinski definition) is 5. The number of carbonyl (C=O) groups excluding carboxylic acids is 2. The minimum absolute atomic E-state index is 0.128. The van der Waals surface area contributed by atoms with Gasteiger partial charge in [0.2, 0.25) is 15.9 Å². The van der Waals surface area contributed by atoms with Gasteiger partial charge < -0.3 is 10.1 Å². The number of fused-ring (bicyclic) bond motifs is 1. The molecule has 3 aromatic rings. The average Bonchev–Trinajstić information content (AvgIpc) is 2.89. The zero-order valence-electron chi connectivity index (χ0n) is 19.8. The maximum Gasteiger partial charge on any atom is 0.338 e. The molecule has 0 bridgehead atoms. The lowest BCUT2D eigenvalue weighted by molar-refractivity contribution is -0.120. The standard InChI is InChI=1S/C27H30N2O5S/c1-2-3-17-34-27(31)21-10-13-24(14-11-21)28-26(30)23-9-6-16-29(19-23)35(32,33)25-15-12-20-7-4-5-8-22(20)18-25/h4-5,7-8,10-15,18,23H,2-3,6,9,16-17,19H2,1H3,(H,28,30)/t23-/m1/s1. The fourth-order valence-corrected chi connectivity index (χ4v) is 5.74. The van der Waals surface area contributed by atoms with Gasteiger partial charge in [-0.15, -0.1) is 0 Å². The fraction of sp³-hybridized carbons (Fsp3) is 0.333. The zero-order valence-corrected chi connectivity index (χ0v) is 20.6. The second-order valence-corrected chi connectivity index (χ2v) is 10.7. The van der Waals surface area contributed by atoms with Gasteiger partial charge >= 0.3 is 5.97 Å². The number of nitrogens with zero attached hydrogens (tertiary/aromatic N) is 1. The normalized spacial score (nSPS) is 16.7. The third kappa shape index (κ3) is 5.89. The molecule has 1 aliphatic heterocycles. The Morgan fingerprint density at radius 3 is 2.51 bits per heavy atom. The first kappa shape index (κ1) is 24.9. The van der Waals surface area contributed by atoms with Crippen LogP contribution in [0.1, 0.15) is 43.0 Å². The molecule has 4 rings (SSSR count). The Hall–Kier alpha value is -3.23. The first-order chi connectivity index (χ1) is 16.9. The van der Waals surface area contributed by atoms with Crippen LogP contribution in [-0.4, -0.2) is 44.3 Å². The van der Waals surface area contributed by atoms with Crippen molar-refractivity contribution >= 4 is 38.4 Å². The molecule has 0 aliphatic carbocycles. The summed E-state index contributed by atoms with van der Waals surface area (Å²) in [5.41, 5.74) is 0.971. The summed E-state index contributed by atoms with van der Waals surface area (Å²) in [6.45, 7) is 2.92. The van der Waals surface area contributed by atoms with Gasteiger partial charge in [-0.3, -0.25) is 4.79 Å². The number of anilines is 1. The van der Waals surface area contributed by atoms with Crippen molar-refractivity contribution in [2.45, 2.75) is 37.5 Å². The van der Waals surface area contributed by atoms with Crippen molar-refractivity contribution in [1.29, 1.82) is 0 Å². The predicted molar refractivity (Wildman–Crippen MR) is 136 cm³/mol. The van der Waals surface area contributed by atoms with E-state index in [-0.39, 0.29) is 17.3 Å². The van der Waals surface area contributed by atoms with Gasteiger partial charge in [-0.2, -0.15) is 4.31 Å². The van der Waals surface area contributed by atoms with Crippen LogP contribution in [0.25, 0.3) is 10.8 Å². The van der Waals surface area contributed by atoms with Gasteiger partial charge in [0.05, 0.1) is 23.0 Å². The highest BCUT2D eigenvalue weighted by Crippen LogP contribution is 2.27. The van der Waals surface area contributed by atoms with E-state index >= 15 is 0 Å². The first-order valence-electron chi connectivity index (χ1n) is 12.0. The third-order valence-corrected chi connectivity index (χ3v) is 8.09. The number of rotatable bonds is 8. The molecule has 0 aromatic heterocycles. The molecule has 35 heavy (non-hydrogen) atoms. The number of nitrogens with one attached hydrogen (secondary N) is 1. The number of ether oxygens (including phenoxy) is 1. The van der Waals surface area contributed by atoms with Crippen molar-refractivity contribution in [3.05, 3.63) is 72.3 Å². The van der Waals surface area contributed by atoms with E-state index in [1.165, 1.54) is 4.31 Å². The Balaban J connectivity index is 1.40. The highest BCUT2D eigenvalue weighted by molar-refractivity contribution is 7.89. The monoisotopic (exact) mass is 494 g/mol. The maximum atomic E-state index is 13.3. The van der Waals surface area contributed by atoms with Crippen molar-refractivity contribution in [2.75, 3.05) is 25.0 Å². The molecule has 0 radical (unpaired) electrons. The van der Waals surface area contributed by atoms with Crippen LogP contribution in [0.5, 0.6) is 0 Å². The molecule has 184 valence electrons. The van der Waals surface area contributed by atoms with Crippen LogP contribution >= 0.6 is 0 Å². The fourth-order valence-electron chi connectivity index (χ4n) is 4.18. The number of carbonyl (C=O) groups is 2. The number of piperidine rings is 1. The molecule has 0 saturated carbocycles. The van der Waals surface area contributed by atoms with Crippen molar-refractivity contribution in [2.24, 2.45) is 5.92 Å². The smallest absolute Gasteiger partial charge is 0.338 e. The van der Waals surface area contributed by atoms with Crippen LogP contribution in [0.15, 0.2) is 71.6 Å². The van der Waals surface area contributed by atoms with Gasteiger partial charge in [-0.1, -0.05) is 43.7 Å². The molecule has 1 amide bonds. The van der Waals surface area contributed by atoms with Crippen molar-refractivity contribution in [3.8, 4) is 0 Å². The Morgan fingerprint density at radius 2 is 1.77 bits per heavy atom. The van der Waals surface area contributed by atoms with Crippen LogP contribution in [0, 0.1) is 5.92 Å². The summed E-state index contributed by atoms with van der Waals surface area (Å²) in [7, 11) is -3.72. The Bertz CT molecular complexity index is 1300. The summed E-state index contributed by atoms with van der Waals surface area (Å²) < 4.78 is 33.2. The molecule has 1 aliphatic rings. The lowest BCUT2D eigenvalue weighted by Gasteiger charge is -2.31. The minimum atomic E-state index is -3.72. The molecule has 1 N–H and O–H groups in total. The van der Waals surface area contributed by atoms with Gasteiger partial charge in [-0.05, 0) is 66.4 Å². The molecule has 1 fully saturated rings. The Kier molecular flexibility index (Phi) is 7.83. The summed E-state index contributed by atoms with van der Waals surface area (Å²) in [5.74, 6) is -1.09. The van der Waals surface area contributed by atoms with E-state index in [0.29, 0.717) is 37.2 Å². The molecular formula is C27H30N2O5S. The summed E-state index contributed by atoms with van der Waals surface area (Å²) in [4.78, 5) is 25.2. The molecular weight excluding hydrogens is 464 g/mol. The first-order valence-corrected chi connectivity index (χ1v) is 13.4. The molecule has 1 heterocycles.